The molecule has 172 valence electrons. The van der Waals surface area contributed by atoms with Crippen LogP contribution in [-0.4, -0.2) is 35.8 Å². The monoisotopic (exact) mass is 510 g/mol. The quantitative estimate of drug-likeness (QED) is 0.387. The van der Waals surface area contributed by atoms with Crippen LogP contribution < -0.4 is 10.2 Å². The largest absolute Gasteiger partial charge is 0.457 e. The van der Waals surface area contributed by atoms with E-state index < -0.39 is 21.7 Å². The zero-order valence-electron chi connectivity index (χ0n) is 17.8. The van der Waals surface area contributed by atoms with Gasteiger partial charge in [-0.1, -0.05) is 42.1 Å². The zero-order chi connectivity index (χ0) is 24.3. The van der Waals surface area contributed by atoms with E-state index in [0.717, 1.165) is 34.3 Å². The third kappa shape index (κ3) is 5.53. The number of thioether (sulfide) groups is 1. The van der Waals surface area contributed by atoms with Crippen molar-refractivity contribution >= 4 is 56.0 Å². The van der Waals surface area contributed by atoms with Gasteiger partial charge in [0.25, 0.3) is 11.8 Å². The lowest BCUT2D eigenvalue weighted by molar-refractivity contribution is -0.123. The van der Waals surface area contributed by atoms with Crippen molar-refractivity contribution in [2.24, 2.45) is 0 Å². The number of benzene rings is 3. The van der Waals surface area contributed by atoms with Crippen LogP contribution in [0.15, 0.2) is 88.7 Å². The molecule has 0 radical (unpaired) electrons. The van der Waals surface area contributed by atoms with E-state index in [4.69, 9.17) is 17.0 Å². The molecular formula is C24H18N2O5S3. The molecule has 1 heterocycles. The van der Waals surface area contributed by atoms with Crippen LogP contribution in [0, 0.1) is 0 Å². The van der Waals surface area contributed by atoms with Crippen LogP contribution in [0.1, 0.15) is 15.9 Å². The fraction of sp³-hybridized carbons (Fsp3) is 0.0417. The Bertz CT molecular complexity index is 1380. The van der Waals surface area contributed by atoms with E-state index in [1.54, 1.807) is 18.2 Å². The Labute approximate surface area is 206 Å². The number of nitrogens with zero attached hydrogens (tertiary/aromatic N) is 1. The first kappa shape index (κ1) is 23.7. The third-order valence-corrected chi connectivity index (χ3v) is 7.14. The number of ether oxygens (including phenoxy) is 1. The average Bonchev–Trinajstić information content (AvgIpc) is 3.08. The highest BCUT2D eigenvalue weighted by Gasteiger charge is 2.33. The summed E-state index contributed by atoms with van der Waals surface area (Å²) in [6, 6.07) is 22.0. The van der Waals surface area contributed by atoms with E-state index in [9.17, 15) is 18.0 Å². The molecule has 0 saturated carbocycles. The predicted molar refractivity (Wildman–Crippen MR) is 135 cm³/mol. The van der Waals surface area contributed by atoms with E-state index in [-0.39, 0.29) is 14.8 Å². The molecule has 0 bridgehead atoms. The minimum absolute atomic E-state index is 0.0952. The number of hydrazine groups is 1. The van der Waals surface area contributed by atoms with E-state index in [1.165, 1.54) is 24.3 Å². The van der Waals surface area contributed by atoms with E-state index in [2.05, 4.69) is 5.43 Å². The molecule has 0 aromatic heterocycles. The lowest BCUT2D eigenvalue weighted by atomic mass is 10.2. The molecule has 1 aliphatic heterocycles. The van der Waals surface area contributed by atoms with Gasteiger partial charge < -0.3 is 4.74 Å². The molecule has 7 nitrogen and oxygen atoms in total. The van der Waals surface area contributed by atoms with Gasteiger partial charge >= 0.3 is 0 Å². The smallest absolute Gasteiger partial charge is 0.285 e. The van der Waals surface area contributed by atoms with Crippen molar-refractivity contribution in [2.45, 2.75) is 4.90 Å². The maximum atomic E-state index is 12.8. The van der Waals surface area contributed by atoms with Crippen LogP contribution in [-0.2, 0) is 14.6 Å². The summed E-state index contributed by atoms with van der Waals surface area (Å²) < 4.78 is 29.1. The van der Waals surface area contributed by atoms with Crippen molar-refractivity contribution in [1.29, 1.82) is 0 Å². The summed E-state index contributed by atoms with van der Waals surface area (Å²) in [6.07, 6.45) is 2.76. The average molecular weight is 511 g/mol. The number of hydrogen-bond donors (Lipinski definition) is 1. The number of para-hydroxylation sites is 1. The minimum Gasteiger partial charge on any atom is -0.457 e. The Hall–Kier alpha value is -3.47. The topological polar surface area (TPSA) is 92.8 Å². The Morgan fingerprint density at radius 1 is 0.971 bits per heavy atom. The summed E-state index contributed by atoms with van der Waals surface area (Å²) >= 11 is 6.33. The third-order valence-electron chi connectivity index (χ3n) is 4.71. The summed E-state index contributed by atoms with van der Waals surface area (Å²) in [5.41, 5.74) is 3.44. The fourth-order valence-electron chi connectivity index (χ4n) is 2.99. The van der Waals surface area contributed by atoms with Crippen molar-refractivity contribution in [2.75, 3.05) is 6.26 Å². The molecule has 10 heteroatoms. The lowest BCUT2D eigenvalue weighted by Crippen LogP contribution is -2.44. The summed E-state index contributed by atoms with van der Waals surface area (Å²) in [7, 11) is -3.38. The van der Waals surface area contributed by atoms with Gasteiger partial charge in [-0.15, -0.1) is 0 Å². The fourth-order valence-corrected chi connectivity index (χ4v) is 4.80. The first-order valence-electron chi connectivity index (χ1n) is 9.93. The molecule has 4 rings (SSSR count). The predicted octanol–water partition coefficient (Wildman–Crippen LogP) is 4.43. The number of nitrogens with one attached hydrogen (secondary N) is 1. The Balaban J connectivity index is 1.43. The number of carbonyl (C=O) groups excluding carboxylic acids is 2. The molecule has 1 fully saturated rings. The van der Waals surface area contributed by atoms with Gasteiger partial charge in [-0.3, -0.25) is 15.0 Å². The molecule has 3 aromatic carbocycles. The van der Waals surface area contributed by atoms with Gasteiger partial charge in [0.05, 0.1) is 9.80 Å². The summed E-state index contributed by atoms with van der Waals surface area (Å²) in [4.78, 5) is 25.8. The van der Waals surface area contributed by atoms with Gasteiger partial charge in [0.15, 0.2) is 14.2 Å². The molecule has 0 spiro atoms. The van der Waals surface area contributed by atoms with E-state index >= 15 is 0 Å². The molecule has 0 unspecified atom stereocenters. The standard InChI is InChI=1S/C24H18N2O5S3/c1-34(29,30)20-13-9-17(10-14-20)22(27)25-26-23(28)21(33-24(26)32)15-16-7-11-19(12-8-16)31-18-5-3-2-4-6-18/h2-15H,1H3,(H,25,27)/b21-15-. The molecule has 1 N–H and O–H groups in total. The molecule has 0 atom stereocenters. The molecule has 0 aliphatic carbocycles. The second-order valence-electron chi connectivity index (χ2n) is 7.24. The van der Waals surface area contributed by atoms with E-state index in [1.807, 2.05) is 42.5 Å². The minimum atomic E-state index is -3.38. The highest BCUT2D eigenvalue weighted by molar-refractivity contribution is 8.26. The number of sulfone groups is 1. The first-order valence-corrected chi connectivity index (χ1v) is 13.0. The molecule has 1 saturated heterocycles. The second-order valence-corrected chi connectivity index (χ2v) is 10.9. The Morgan fingerprint density at radius 3 is 2.21 bits per heavy atom. The number of amides is 2. The number of carbonyl (C=O) groups is 2. The van der Waals surface area contributed by atoms with Crippen LogP contribution in [0.3, 0.4) is 0 Å². The maximum Gasteiger partial charge on any atom is 0.285 e. The van der Waals surface area contributed by atoms with Crippen molar-refractivity contribution in [3.8, 4) is 11.5 Å². The number of rotatable bonds is 6. The Kier molecular flexibility index (Phi) is 6.82. The van der Waals surface area contributed by atoms with Gasteiger partial charge in [0.1, 0.15) is 11.5 Å². The highest BCUT2D eigenvalue weighted by atomic mass is 32.2. The summed E-state index contributed by atoms with van der Waals surface area (Å²) in [5.74, 6) is 0.337. The molecule has 2 amide bonds. The van der Waals surface area contributed by atoms with Gasteiger partial charge in [-0.25, -0.2) is 8.42 Å². The number of hydrogen-bond acceptors (Lipinski definition) is 7. The van der Waals surface area contributed by atoms with E-state index in [0.29, 0.717) is 10.7 Å². The summed E-state index contributed by atoms with van der Waals surface area (Å²) in [5, 5.41) is 1.01. The first-order chi connectivity index (χ1) is 16.2. The van der Waals surface area contributed by atoms with Crippen molar-refractivity contribution < 1.29 is 22.7 Å². The summed E-state index contributed by atoms with van der Waals surface area (Å²) in [6.45, 7) is 0. The van der Waals surface area contributed by atoms with Gasteiger partial charge in [0.2, 0.25) is 0 Å². The molecule has 3 aromatic rings. The van der Waals surface area contributed by atoms with Crippen LogP contribution in [0.25, 0.3) is 6.08 Å². The van der Waals surface area contributed by atoms with Crippen LogP contribution in [0.4, 0.5) is 0 Å². The normalized spacial score (nSPS) is 15.0. The number of thiocarbonyl (C=S) groups is 1. The SMILES string of the molecule is CS(=O)(=O)c1ccc(C(=O)NN2C(=O)/C(=C/c3ccc(Oc4ccccc4)cc3)SC2=S)cc1. The lowest BCUT2D eigenvalue weighted by Gasteiger charge is -2.15. The van der Waals surface area contributed by atoms with Crippen molar-refractivity contribution in [1.82, 2.24) is 10.4 Å². The molecular weight excluding hydrogens is 492 g/mol. The molecule has 1 aliphatic rings. The van der Waals surface area contributed by atoms with Crippen LogP contribution in [0.5, 0.6) is 11.5 Å². The second kappa shape index (κ2) is 9.80. The van der Waals surface area contributed by atoms with Crippen molar-refractivity contribution in [3.05, 3.63) is 94.9 Å². The zero-order valence-corrected chi connectivity index (χ0v) is 20.2. The van der Waals surface area contributed by atoms with Crippen LogP contribution in [0.2, 0.25) is 0 Å². The highest BCUT2D eigenvalue weighted by Crippen LogP contribution is 2.32. The van der Waals surface area contributed by atoms with Crippen LogP contribution >= 0.6 is 24.0 Å². The van der Waals surface area contributed by atoms with Gasteiger partial charge in [0, 0.05) is 11.8 Å². The van der Waals surface area contributed by atoms with Gasteiger partial charge in [-0.05, 0) is 72.4 Å². The van der Waals surface area contributed by atoms with Crippen molar-refractivity contribution in [3.63, 3.8) is 0 Å². The Morgan fingerprint density at radius 2 is 1.59 bits per heavy atom. The molecule has 34 heavy (non-hydrogen) atoms. The van der Waals surface area contributed by atoms with Gasteiger partial charge in [-0.2, -0.15) is 5.01 Å². The maximum absolute atomic E-state index is 12.8.